The smallest absolute Gasteiger partial charge is 0.0691 e. The minimum absolute atomic E-state index is 0.0561. The minimum atomic E-state index is -0.339. The lowest BCUT2D eigenvalue weighted by molar-refractivity contribution is 0.0273. The third-order valence-corrected chi connectivity index (χ3v) is 4.73. The highest BCUT2D eigenvalue weighted by Crippen LogP contribution is 2.47. The van der Waals surface area contributed by atoms with Gasteiger partial charge >= 0.3 is 0 Å². The van der Waals surface area contributed by atoms with Gasteiger partial charge in [-0.15, -0.1) is 0 Å². The molecule has 0 aliphatic heterocycles. The van der Waals surface area contributed by atoms with Crippen molar-refractivity contribution in [2.75, 3.05) is 0 Å². The van der Waals surface area contributed by atoms with Gasteiger partial charge < -0.3 is 5.11 Å². The average Bonchev–Trinajstić information content (AvgIpc) is 2.68. The second-order valence-corrected chi connectivity index (χ2v) is 6.00. The van der Waals surface area contributed by atoms with Gasteiger partial charge in [-0.2, -0.15) is 5.10 Å². The fourth-order valence-corrected chi connectivity index (χ4v) is 3.39. The molecule has 106 valence electrons. The molecule has 1 N–H and O–H groups in total. The molecule has 1 aliphatic carbocycles. The Morgan fingerprint density at radius 3 is 2.50 bits per heavy atom. The molecule has 0 saturated heterocycles. The van der Waals surface area contributed by atoms with E-state index in [1.165, 1.54) is 12.0 Å². The summed E-state index contributed by atoms with van der Waals surface area (Å²) in [4.78, 5) is 0. The first-order valence-electron chi connectivity index (χ1n) is 7.35. The van der Waals surface area contributed by atoms with Crippen LogP contribution in [-0.2, 0) is 18.9 Å². The van der Waals surface area contributed by atoms with Crippen molar-refractivity contribution in [3.63, 3.8) is 0 Å². The lowest BCUT2D eigenvalue weighted by Crippen LogP contribution is -2.46. The highest BCUT2D eigenvalue weighted by molar-refractivity contribution is 5.30. The predicted octanol–water partition coefficient (Wildman–Crippen LogP) is 2.75. The number of benzene rings is 1. The van der Waals surface area contributed by atoms with Crippen LogP contribution in [0.15, 0.2) is 36.4 Å². The van der Waals surface area contributed by atoms with E-state index in [0.717, 1.165) is 24.2 Å². The Morgan fingerprint density at radius 1 is 1.30 bits per heavy atom. The van der Waals surface area contributed by atoms with E-state index in [1.807, 2.05) is 24.7 Å². The van der Waals surface area contributed by atoms with Crippen LogP contribution in [0.5, 0.6) is 0 Å². The summed E-state index contributed by atoms with van der Waals surface area (Å²) in [6, 6.07) is 12.5. The van der Waals surface area contributed by atoms with E-state index in [1.54, 1.807) is 0 Å². The van der Waals surface area contributed by atoms with Crippen LogP contribution in [0.4, 0.5) is 0 Å². The maximum Gasteiger partial charge on any atom is 0.0691 e. The Kier molecular flexibility index (Phi) is 3.38. The van der Waals surface area contributed by atoms with E-state index in [4.69, 9.17) is 0 Å². The first-order chi connectivity index (χ1) is 9.62. The van der Waals surface area contributed by atoms with Crippen molar-refractivity contribution in [3.8, 4) is 0 Å². The average molecular weight is 270 g/mol. The summed E-state index contributed by atoms with van der Waals surface area (Å²) in [5.41, 5.74) is 3.34. The number of hydrogen-bond donors (Lipinski definition) is 1. The summed E-state index contributed by atoms with van der Waals surface area (Å²) >= 11 is 0. The standard InChI is InChI=1S/C17H22N2O/c1-13-11-15(19(2)18-13)12-16(20)17(9-6-10-17)14-7-4-3-5-8-14/h3-5,7-8,11,16,20H,6,9-10,12H2,1-2H3. The monoisotopic (exact) mass is 270 g/mol. The van der Waals surface area contributed by atoms with Gasteiger partial charge in [-0.3, -0.25) is 4.68 Å². The Hall–Kier alpha value is -1.61. The van der Waals surface area contributed by atoms with Gasteiger partial charge in [-0.25, -0.2) is 0 Å². The molecule has 2 aromatic rings. The molecular formula is C17H22N2O. The van der Waals surface area contributed by atoms with Crippen LogP contribution in [0.1, 0.15) is 36.2 Å². The molecule has 1 saturated carbocycles. The van der Waals surface area contributed by atoms with Crippen molar-refractivity contribution in [3.05, 3.63) is 53.3 Å². The van der Waals surface area contributed by atoms with Crippen molar-refractivity contribution in [2.45, 2.75) is 44.1 Å². The van der Waals surface area contributed by atoms with Crippen LogP contribution < -0.4 is 0 Å². The van der Waals surface area contributed by atoms with Crippen LogP contribution in [-0.4, -0.2) is 21.0 Å². The summed E-state index contributed by atoms with van der Waals surface area (Å²) < 4.78 is 1.88. The zero-order valence-electron chi connectivity index (χ0n) is 12.2. The second kappa shape index (κ2) is 5.06. The van der Waals surface area contributed by atoms with E-state index in [-0.39, 0.29) is 11.5 Å². The van der Waals surface area contributed by atoms with Crippen molar-refractivity contribution in [2.24, 2.45) is 7.05 Å². The molecule has 20 heavy (non-hydrogen) atoms. The number of hydrogen-bond acceptors (Lipinski definition) is 2. The third-order valence-electron chi connectivity index (χ3n) is 4.73. The highest BCUT2D eigenvalue weighted by Gasteiger charge is 2.44. The number of nitrogens with zero attached hydrogens (tertiary/aromatic N) is 2. The quantitative estimate of drug-likeness (QED) is 0.927. The van der Waals surface area contributed by atoms with Crippen molar-refractivity contribution in [1.82, 2.24) is 9.78 Å². The maximum absolute atomic E-state index is 10.8. The first kappa shape index (κ1) is 13.4. The van der Waals surface area contributed by atoms with Crippen LogP contribution in [0, 0.1) is 6.92 Å². The first-order valence-corrected chi connectivity index (χ1v) is 7.35. The molecular weight excluding hydrogens is 248 g/mol. The third kappa shape index (κ3) is 2.16. The number of aryl methyl sites for hydroxylation is 2. The lowest BCUT2D eigenvalue weighted by atomic mass is 9.60. The fraction of sp³-hybridized carbons (Fsp3) is 0.471. The normalized spacial score (nSPS) is 18.6. The molecule has 3 heteroatoms. The zero-order chi connectivity index (χ0) is 14.2. The van der Waals surface area contributed by atoms with Gasteiger partial charge in [0.05, 0.1) is 11.8 Å². The molecule has 3 rings (SSSR count). The van der Waals surface area contributed by atoms with Crippen molar-refractivity contribution < 1.29 is 5.11 Å². The zero-order valence-corrected chi connectivity index (χ0v) is 12.2. The topological polar surface area (TPSA) is 38.0 Å². The Balaban J connectivity index is 1.85. The van der Waals surface area contributed by atoms with E-state index in [9.17, 15) is 5.11 Å². The maximum atomic E-state index is 10.8. The molecule has 1 aliphatic rings. The molecule has 0 bridgehead atoms. The number of aromatic nitrogens is 2. The highest BCUT2D eigenvalue weighted by atomic mass is 16.3. The number of aliphatic hydroxyl groups is 1. The largest absolute Gasteiger partial charge is 0.392 e. The number of aliphatic hydroxyl groups excluding tert-OH is 1. The van der Waals surface area contributed by atoms with Crippen LogP contribution in [0.25, 0.3) is 0 Å². The van der Waals surface area contributed by atoms with Gasteiger partial charge in [0.25, 0.3) is 0 Å². The molecule has 0 amide bonds. The number of rotatable bonds is 4. The summed E-state index contributed by atoms with van der Waals surface area (Å²) in [7, 11) is 1.95. The Labute approximate surface area is 120 Å². The summed E-state index contributed by atoms with van der Waals surface area (Å²) in [6.07, 6.45) is 3.69. The van der Waals surface area contributed by atoms with Crippen molar-refractivity contribution >= 4 is 0 Å². The fourth-order valence-electron chi connectivity index (χ4n) is 3.39. The molecule has 3 nitrogen and oxygen atoms in total. The SMILES string of the molecule is Cc1cc(CC(O)C2(c3ccccc3)CCC2)n(C)n1. The predicted molar refractivity (Wildman–Crippen MR) is 79.6 cm³/mol. The van der Waals surface area contributed by atoms with E-state index in [0.29, 0.717) is 6.42 Å². The van der Waals surface area contributed by atoms with E-state index in [2.05, 4.69) is 35.4 Å². The second-order valence-electron chi connectivity index (χ2n) is 6.00. The van der Waals surface area contributed by atoms with Gasteiger partial charge in [0.15, 0.2) is 0 Å². The van der Waals surface area contributed by atoms with Gasteiger partial charge in [0.1, 0.15) is 0 Å². The molecule has 0 spiro atoms. The van der Waals surface area contributed by atoms with E-state index < -0.39 is 0 Å². The molecule has 1 aromatic heterocycles. The van der Waals surface area contributed by atoms with Crippen LogP contribution in [0.3, 0.4) is 0 Å². The van der Waals surface area contributed by atoms with Crippen LogP contribution in [0.2, 0.25) is 0 Å². The molecule has 1 atom stereocenters. The lowest BCUT2D eigenvalue weighted by Gasteiger charge is -2.46. The minimum Gasteiger partial charge on any atom is -0.392 e. The summed E-state index contributed by atoms with van der Waals surface area (Å²) in [6.45, 7) is 1.99. The van der Waals surface area contributed by atoms with Crippen molar-refractivity contribution in [1.29, 1.82) is 0 Å². The van der Waals surface area contributed by atoms with Crippen LogP contribution >= 0.6 is 0 Å². The van der Waals surface area contributed by atoms with Gasteiger partial charge in [0.2, 0.25) is 0 Å². The van der Waals surface area contributed by atoms with Gasteiger partial charge in [-0.05, 0) is 31.4 Å². The molecule has 0 radical (unpaired) electrons. The summed E-state index contributed by atoms with van der Waals surface area (Å²) in [5.74, 6) is 0. The molecule has 1 aromatic carbocycles. The Bertz CT molecular complexity index is 584. The molecule has 1 fully saturated rings. The molecule has 1 heterocycles. The molecule has 1 unspecified atom stereocenters. The summed E-state index contributed by atoms with van der Waals surface area (Å²) in [5, 5.41) is 15.2. The van der Waals surface area contributed by atoms with Gasteiger partial charge in [-0.1, -0.05) is 36.8 Å². The van der Waals surface area contributed by atoms with E-state index >= 15 is 0 Å². The van der Waals surface area contributed by atoms with Gasteiger partial charge in [0, 0.05) is 24.6 Å². The Morgan fingerprint density at radius 2 is 2.00 bits per heavy atom.